The van der Waals surface area contributed by atoms with E-state index in [4.69, 9.17) is 21.1 Å². The number of rotatable bonds is 6. The van der Waals surface area contributed by atoms with E-state index < -0.39 is 0 Å². The lowest BCUT2D eigenvalue weighted by atomic mass is 10.1. The molecule has 0 radical (unpaired) electrons. The molecule has 26 heavy (non-hydrogen) atoms. The van der Waals surface area contributed by atoms with Crippen LogP contribution in [-0.2, 0) is 4.79 Å². The largest absolute Gasteiger partial charge is 0.486 e. The first-order valence-corrected chi connectivity index (χ1v) is 9.94. The van der Waals surface area contributed by atoms with Crippen LogP contribution >= 0.6 is 23.4 Å². The van der Waals surface area contributed by atoms with Gasteiger partial charge in [0.1, 0.15) is 13.2 Å². The van der Waals surface area contributed by atoms with Gasteiger partial charge in [-0.1, -0.05) is 24.6 Å². The van der Waals surface area contributed by atoms with Crippen LogP contribution in [0.2, 0.25) is 5.02 Å². The zero-order chi connectivity index (χ0) is 18.5. The quantitative estimate of drug-likeness (QED) is 0.714. The second-order valence-electron chi connectivity index (χ2n) is 6.10. The number of amides is 1. The maximum absolute atomic E-state index is 12.7. The van der Waals surface area contributed by atoms with Gasteiger partial charge in [0.2, 0.25) is 5.91 Å². The molecule has 6 heteroatoms. The highest BCUT2D eigenvalue weighted by atomic mass is 35.5. The summed E-state index contributed by atoms with van der Waals surface area (Å²) in [5.41, 5.74) is 0.994. The minimum atomic E-state index is -0.157. The van der Waals surface area contributed by atoms with Crippen LogP contribution in [-0.4, -0.2) is 24.4 Å². The van der Waals surface area contributed by atoms with Gasteiger partial charge >= 0.3 is 0 Å². The van der Waals surface area contributed by atoms with Crippen LogP contribution in [0, 0.1) is 0 Å². The predicted molar refractivity (Wildman–Crippen MR) is 105 cm³/mol. The fraction of sp³-hybridized carbons (Fsp3) is 0.350. The standard InChI is InChI=1S/C20H22ClNO3S/c1-3-19(26-16-7-5-15(21)6-8-16)20(23)22-13(2)14-4-9-17-18(12-14)25-11-10-24-17/h4-9,12-13,19H,3,10-11H2,1-2H3,(H,22,23)/t13-,19+/m0/s1. The summed E-state index contributed by atoms with van der Waals surface area (Å²) in [6, 6.07) is 13.2. The predicted octanol–water partition coefficient (Wildman–Crippen LogP) is 4.86. The molecular formula is C20H22ClNO3S. The van der Waals surface area contributed by atoms with E-state index in [1.54, 1.807) is 11.8 Å². The number of hydrogen-bond donors (Lipinski definition) is 1. The molecule has 0 fully saturated rings. The molecule has 4 nitrogen and oxygen atoms in total. The van der Waals surface area contributed by atoms with Crippen molar-refractivity contribution in [3.05, 3.63) is 53.1 Å². The number of hydrogen-bond acceptors (Lipinski definition) is 4. The van der Waals surface area contributed by atoms with Crippen molar-refractivity contribution >= 4 is 29.3 Å². The number of nitrogens with one attached hydrogen (secondary N) is 1. The van der Waals surface area contributed by atoms with Gasteiger partial charge in [0.25, 0.3) is 0 Å². The maximum atomic E-state index is 12.7. The van der Waals surface area contributed by atoms with Crippen molar-refractivity contribution in [1.82, 2.24) is 5.32 Å². The second-order valence-corrected chi connectivity index (χ2v) is 7.81. The number of carbonyl (C=O) groups excluding carboxylic acids is 1. The molecule has 138 valence electrons. The number of fused-ring (bicyclic) bond motifs is 1. The number of benzene rings is 2. The molecule has 0 unspecified atom stereocenters. The summed E-state index contributed by atoms with van der Waals surface area (Å²) in [6.07, 6.45) is 0.743. The Bertz CT molecular complexity index is 766. The summed E-state index contributed by atoms with van der Waals surface area (Å²) in [7, 11) is 0. The highest BCUT2D eigenvalue weighted by Crippen LogP contribution is 2.33. The monoisotopic (exact) mass is 391 g/mol. The van der Waals surface area contributed by atoms with Crippen LogP contribution in [0.1, 0.15) is 31.9 Å². The number of carbonyl (C=O) groups is 1. The molecule has 2 atom stereocenters. The van der Waals surface area contributed by atoms with Crippen LogP contribution in [0.15, 0.2) is 47.4 Å². The molecule has 1 heterocycles. The fourth-order valence-electron chi connectivity index (χ4n) is 2.72. The molecule has 0 bridgehead atoms. The Hall–Kier alpha value is -1.85. The fourth-order valence-corrected chi connectivity index (χ4v) is 3.81. The van der Waals surface area contributed by atoms with E-state index >= 15 is 0 Å². The number of ether oxygens (including phenoxy) is 2. The summed E-state index contributed by atoms with van der Waals surface area (Å²) in [5, 5.41) is 3.64. The molecule has 0 aromatic heterocycles. The van der Waals surface area contributed by atoms with E-state index in [0.29, 0.717) is 18.2 Å². The topological polar surface area (TPSA) is 47.6 Å². The van der Waals surface area contributed by atoms with Gasteiger partial charge in [0.15, 0.2) is 11.5 Å². The smallest absolute Gasteiger partial charge is 0.233 e. The second kappa shape index (κ2) is 8.69. The van der Waals surface area contributed by atoms with Crippen molar-refractivity contribution in [2.45, 2.75) is 36.5 Å². The lowest BCUT2D eigenvalue weighted by molar-refractivity contribution is -0.121. The lowest BCUT2D eigenvalue weighted by Gasteiger charge is -2.22. The molecular weight excluding hydrogens is 370 g/mol. The first-order chi connectivity index (χ1) is 12.6. The van der Waals surface area contributed by atoms with Gasteiger partial charge in [-0.15, -0.1) is 11.8 Å². The summed E-state index contributed by atoms with van der Waals surface area (Å²) in [4.78, 5) is 13.7. The molecule has 1 N–H and O–H groups in total. The summed E-state index contributed by atoms with van der Waals surface area (Å²) in [6.45, 7) is 5.11. The zero-order valence-corrected chi connectivity index (χ0v) is 16.4. The molecule has 0 saturated heterocycles. The average molecular weight is 392 g/mol. The van der Waals surface area contributed by atoms with Gasteiger partial charge in [-0.2, -0.15) is 0 Å². The molecule has 1 aliphatic heterocycles. The molecule has 2 aromatic carbocycles. The third kappa shape index (κ3) is 4.65. The molecule has 0 aliphatic carbocycles. The van der Waals surface area contributed by atoms with Gasteiger partial charge in [0.05, 0.1) is 11.3 Å². The van der Waals surface area contributed by atoms with Crippen LogP contribution in [0.25, 0.3) is 0 Å². The molecule has 1 aliphatic rings. The van der Waals surface area contributed by atoms with Crippen molar-refractivity contribution < 1.29 is 14.3 Å². The van der Waals surface area contributed by atoms with E-state index in [2.05, 4.69) is 5.32 Å². The minimum absolute atomic E-state index is 0.0230. The first kappa shape index (κ1) is 18.9. The SMILES string of the molecule is CC[C@@H](Sc1ccc(Cl)cc1)C(=O)N[C@@H](C)c1ccc2c(c1)OCCO2. The van der Waals surface area contributed by atoms with Gasteiger partial charge in [-0.05, 0) is 55.3 Å². The normalized spacial score (nSPS) is 15.2. The van der Waals surface area contributed by atoms with Crippen molar-refractivity contribution in [2.24, 2.45) is 0 Å². The summed E-state index contributed by atoms with van der Waals surface area (Å²) in [5.74, 6) is 1.51. The maximum Gasteiger partial charge on any atom is 0.233 e. The van der Waals surface area contributed by atoms with Gasteiger partial charge in [0, 0.05) is 9.92 Å². The van der Waals surface area contributed by atoms with Crippen molar-refractivity contribution in [3.63, 3.8) is 0 Å². The third-order valence-corrected chi connectivity index (χ3v) is 5.81. The van der Waals surface area contributed by atoms with Crippen LogP contribution < -0.4 is 14.8 Å². The Kier molecular flexibility index (Phi) is 6.33. The van der Waals surface area contributed by atoms with Crippen LogP contribution in [0.3, 0.4) is 0 Å². The average Bonchev–Trinajstić information content (AvgIpc) is 2.67. The summed E-state index contributed by atoms with van der Waals surface area (Å²) < 4.78 is 11.2. The highest BCUT2D eigenvalue weighted by molar-refractivity contribution is 8.00. The molecule has 1 amide bonds. The third-order valence-electron chi connectivity index (χ3n) is 4.18. The molecule has 0 spiro atoms. The van der Waals surface area contributed by atoms with Crippen molar-refractivity contribution in [2.75, 3.05) is 13.2 Å². The number of thioether (sulfide) groups is 1. The van der Waals surface area contributed by atoms with E-state index in [0.717, 1.165) is 28.4 Å². The molecule has 0 saturated carbocycles. The summed E-state index contributed by atoms with van der Waals surface area (Å²) >= 11 is 7.47. The van der Waals surface area contributed by atoms with E-state index in [9.17, 15) is 4.79 Å². The van der Waals surface area contributed by atoms with Crippen LogP contribution in [0.4, 0.5) is 0 Å². The van der Waals surface area contributed by atoms with Gasteiger partial charge in [-0.3, -0.25) is 4.79 Å². The van der Waals surface area contributed by atoms with E-state index in [1.165, 1.54) is 0 Å². The van der Waals surface area contributed by atoms with Gasteiger partial charge in [-0.25, -0.2) is 0 Å². The Morgan fingerprint density at radius 3 is 2.54 bits per heavy atom. The van der Waals surface area contributed by atoms with Crippen LogP contribution in [0.5, 0.6) is 11.5 Å². The highest BCUT2D eigenvalue weighted by Gasteiger charge is 2.21. The Balaban J connectivity index is 1.64. The minimum Gasteiger partial charge on any atom is -0.486 e. The van der Waals surface area contributed by atoms with E-state index in [-0.39, 0.29) is 17.2 Å². The Morgan fingerprint density at radius 1 is 1.15 bits per heavy atom. The Labute approximate surface area is 163 Å². The Morgan fingerprint density at radius 2 is 1.85 bits per heavy atom. The zero-order valence-electron chi connectivity index (χ0n) is 14.8. The van der Waals surface area contributed by atoms with Crippen molar-refractivity contribution in [1.29, 1.82) is 0 Å². The van der Waals surface area contributed by atoms with E-state index in [1.807, 2.05) is 56.3 Å². The van der Waals surface area contributed by atoms with Gasteiger partial charge < -0.3 is 14.8 Å². The van der Waals surface area contributed by atoms with Crippen molar-refractivity contribution in [3.8, 4) is 11.5 Å². The molecule has 3 rings (SSSR count). The molecule has 2 aromatic rings. The number of halogens is 1. The lowest BCUT2D eigenvalue weighted by Crippen LogP contribution is -2.34. The first-order valence-electron chi connectivity index (χ1n) is 8.69.